The Morgan fingerprint density at radius 2 is 2.18 bits per heavy atom. The largest absolute Gasteiger partial charge is 0.492 e. The Morgan fingerprint density at radius 1 is 1.35 bits per heavy atom. The zero-order valence-corrected chi connectivity index (χ0v) is 10.9. The summed E-state index contributed by atoms with van der Waals surface area (Å²) in [6.07, 6.45) is 1.91. The Morgan fingerprint density at radius 3 is 2.88 bits per heavy atom. The Kier molecular flexibility index (Phi) is 3.98. The van der Waals surface area contributed by atoms with Crippen molar-refractivity contribution in [3.63, 3.8) is 0 Å². The average molecular weight is 248 g/mol. The lowest BCUT2D eigenvalue weighted by molar-refractivity contribution is 0.340. The maximum atomic E-state index is 5.62. The van der Waals surface area contributed by atoms with Crippen LogP contribution in [0.1, 0.15) is 11.8 Å². The molecule has 90 valence electrons. The van der Waals surface area contributed by atoms with Gasteiger partial charge in [-0.3, -0.25) is 4.98 Å². The summed E-state index contributed by atoms with van der Waals surface area (Å²) < 4.78 is 5.62. The Hall–Kier alpha value is -1.55. The molecule has 0 atom stereocenters. The van der Waals surface area contributed by atoms with Crippen LogP contribution in [0.25, 0.3) is 0 Å². The fraction of sp³-hybridized carbons (Fsp3) is 0.308. The van der Waals surface area contributed by atoms with Crippen molar-refractivity contribution in [3.05, 3.63) is 40.8 Å². The highest BCUT2D eigenvalue weighted by Crippen LogP contribution is 2.28. The summed E-state index contributed by atoms with van der Waals surface area (Å²) in [5, 5.41) is 0. The van der Waals surface area contributed by atoms with Crippen LogP contribution in [0.5, 0.6) is 5.75 Å². The number of nitrogens with zero attached hydrogens (tertiary/aromatic N) is 2. The topological polar surface area (TPSA) is 25.4 Å². The lowest BCUT2D eigenvalue weighted by atomic mass is 10.2. The molecule has 1 heterocycles. The number of aromatic nitrogens is 1. The van der Waals surface area contributed by atoms with Crippen molar-refractivity contribution < 1.29 is 4.74 Å². The third-order valence-corrected chi connectivity index (χ3v) is 3.22. The fourth-order valence-electron chi connectivity index (χ4n) is 1.69. The normalized spacial score (nSPS) is 10.2. The average Bonchev–Trinajstić information content (AvgIpc) is 2.83. The summed E-state index contributed by atoms with van der Waals surface area (Å²) in [6, 6.07) is 8.10. The van der Waals surface area contributed by atoms with E-state index in [0.717, 1.165) is 18.0 Å². The van der Waals surface area contributed by atoms with Gasteiger partial charge < -0.3 is 9.64 Å². The number of anilines is 1. The van der Waals surface area contributed by atoms with Gasteiger partial charge in [-0.2, -0.15) is 0 Å². The molecule has 2 aromatic rings. The molecule has 0 aliphatic rings. The first-order valence-corrected chi connectivity index (χ1v) is 6.49. The molecule has 0 unspecified atom stereocenters. The SMILES string of the molecule is CCOc1ccccc1N(C)Cc1cncs1. The quantitative estimate of drug-likeness (QED) is 0.812. The smallest absolute Gasteiger partial charge is 0.142 e. The first-order chi connectivity index (χ1) is 8.31. The zero-order chi connectivity index (χ0) is 12.1. The summed E-state index contributed by atoms with van der Waals surface area (Å²) in [7, 11) is 2.07. The number of thiazole rings is 1. The fourth-order valence-corrected chi connectivity index (χ4v) is 2.34. The Balaban J connectivity index is 2.15. The molecule has 1 aromatic heterocycles. The molecule has 1 aromatic carbocycles. The molecular formula is C13H16N2OS. The van der Waals surface area contributed by atoms with Crippen LogP contribution in [0.2, 0.25) is 0 Å². The van der Waals surface area contributed by atoms with Gasteiger partial charge in [-0.25, -0.2) is 0 Å². The minimum atomic E-state index is 0.686. The highest BCUT2D eigenvalue weighted by molar-refractivity contribution is 7.09. The Bertz CT molecular complexity index is 456. The Labute approximate surface area is 106 Å². The highest BCUT2D eigenvalue weighted by atomic mass is 32.1. The van der Waals surface area contributed by atoms with E-state index in [-0.39, 0.29) is 0 Å². The van der Waals surface area contributed by atoms with E-state index < -0.39 is 0 Å². The number of benzene rings is 1. The summed E-state index contributed by atoms with van der Waals surface area (Å²) in [5.74, 6) is 0.932. The van der Waals surface area contributed by atoms with Crippen molar-refractivity contribution in [2.24, 2.45) is 0 Å². The monoisotopic (exact) mass is 248 g/mol. The molecule has 3 nitrogen and oxygen atoms in total. The molecule has 4 heteroatoms. The molecule has 0 spiro atoms. The van der Waals surface area contributed by atoms with Crippen LogP contribution in [0.4, 0.5) is 5.69 Å². The van der Waals surface area contributed by atoms with E-state index in [1.54, 1.807) is 11.3 Å². The van der Waals surface area contributed by atoms with Crippen molar-refractivity contribution in [2.75, 3.05) is 18.6 Å². The number of para-hydroxylation sites is 2. The van der Waals surface area contributed by atoms with Crippen LogP contribution in [-0.2, 0) is 6.54 Å². The van der Waals surface area contributed by atoms with E-state index in [2.05, 4.69) is 23.0 Å². The number of ether oxygens (including phenoxy) is 1. The van der Waals surface area contributed by atoms with Crippen molar-refractivity contribution in [1.29, 1.82) is 0 Å². The lowest BCUT2D eigenvalue weighted by Crippen LogP contribution is -2.16. The lowest BCUT2D eigenvalue weighted by Gasteiger charge is -2.21. The second kappa shape index (κ2) is 5.68. The maximum Gasteiger partial charge on any atom is 0.142 e. The van der Waals surface area contributed by atoms with E-state index in [1.807, 2.05) is 36.8 Å². The molecular weight excluding hydrogens is 232 g/mol. The van der Waals surface area contributed by atoms with E-state index in [9.17, 15) is 0 Å². The van der Waals surface area contributed by atoms with Gasteiger partial charge in [0.1, 0.15) is 5.75 Å². The second-order valence-electron chi connectivity index (χ2n) is 3.72. The molecule has 0 saturated heterocycles. The van der Waals surface area contributed by atoms with Gasteiger partial charge in [0, 0.05) is 18.1 Å². The van der Waals surface area contributed by atoms with Crippen molar-refractivity contribution in [3.8, 4) is 5.75 Å². The second-order valence-corrected chi connectivity index (χ2v) is 4.70. The molecule has 0 radical (unpaired) electrons. The van der Waals surface area contributed by atoms with Crippen molar-refractivity contribution >= 4 is 17.0 Å². The van der Waals surface area contributed by atoms with E-state index in [4.69, 9.17) is 4.74 Å². The number of hydrogen-bond donors (Lipinski definition) is 0. The van der Waals surface area contributed by atoms with Crippen LogP contribution in [0.15, 0.2) is 36.0 Å². The van der Waals surface area contributed by atoms with Gasteiger partial charge in [0.05, 0.1) is 24.3 Å². The summed E-state index contributed by atoms with van der Waals surface area (Å²) >= 11 is 1.67. The van der Waals surface area contributed by atoms with Crippen LogP contribution in [0, 0.1) is 0 Å². The third-order valence-electron chi connectivity index (χ3n) is 2.45. The molecule has 0 aliphatic carbocycles. The van der Waals surface area contributed by atoms with Gasteiger partial charge in [0.15, 0.2) is 0 Å². The molecule has 0 fully saturated rings. The van der Waals surface area contributed by atoms with Crippen LogP contribution in [-0.4, -0.2) is 18.6 Å². The van der Waals surface area contributed by atoms with Gasteiger partial charge in [-0.1, -0.05) is 12.1 Å². The standard InChI is InChI=1S/C13H16N2OS/c1-3-16-13-7-5-4-6-12(13)15(2)9-11-8-14-10-17-11/h4-8,10H,3,9H2,1-2H3. The zero-order valence-electron chi connectivity index (χ0n) is 10.1. The first-order valence-electron chi connectivity index (χ1n) is 5.61. The summed E-state index contributed by atoms with van der Waals surface area (Å²) in [6.45, 7) is 3.54. The molecule has 0 aliphatic heterocycles. The van der Waals surface area contributed by atoms with Gasteiger partial charge in [-0.05, 0) is 19.1 Å². The maximum absolute atomic E-state index is 5.62. The molecule has 0 N–H and O–H groups in total. The molecule has 0 bridgehead atoms. The van der Waals surface area contributed by atoms with E-state index >= 15 is 0 Å². The van der Waals surface area contributed by atoms with Gasteiger partial charge in [0.2, 0.25) is 0 Å². The predicted octanol–water partition coefficient (Wildman–Crippen LogP) is 3.18. The molecule has 0 amide bonds. The van der Waals surface area contributed by atoms with Gasteiger partial charge in [0.25, 0.3) is 0 Å². The van der Waals surface area contributed by atoms with E-state index in [0.29, 0.717) is 6.61 Å². The first kappa shape index (κ1) is 11.9. The number of hydrogen-bond acceptors (Lipinski definition) is 4. The van der Waals surface area contributed by atoms with Crippen LogP contribution < -0.4 is 9.64 Å². The third kappa shape index (κ3) is 2.97. The van der Waals surface area contributed by atoms with Crippen molar-refractivity contribution in [2.45, 2.75) is 13.5 Å². The molecule has 2 rings (SSSR count). The summed E-state index contributed by atoms with van der Waals surface area (Å²) in [5.41, 5.74) is 2.97. The number of rotatable bonds is 5. The molecule has 0 saturated carbocycles. The minimum Gasteiger partial charge on any atom is -0.492 e. The molecule has 17 heavy (non-hydrogen) atoms. The van der Waals surface area contributed by atoms with Crippen molar-refractivity contribution in [1.82, 2.24) is 4.98 Å². The predicted molar refractivity (Wildman–Crippen MR) is 71.8 cm³/mol. The van der Waals surface area contributed by atoms with Gasteiger partial charge >= 0.3 is 0 Å². The summed E-state index contributed by atoms with van der Waals surface area (Å²) in [4.78, 5) is 7.52. The van der Waals surface area contributed by atoms with E-state index in [1.165, 1.54) is 4.88 Å². The van der Waals surface area contributed by atoms with Crippen LogP contribution in [0.3, 0.4) is 0 Å². The van der Waals surface area contributed by atoms with Crippen LogP contribution >= 0.6 is 11.3 Å². The highest BCUT2D eigenvalue weighted by Gasteiger charge is 2.08. The van der Waals surface area contributed by atoms with Gasteiger partial charge in [-0.15, -0.1) is 11.3 Å². The minimum absolute atomic E-state index is 0.686.